The lowest BCUT2D eigenvalue weighted by atomic mass is 10.2. The van der Waals surface area contributed by atoms with E-state index < -0.39 is 23.5 Å². The highest BCUT2D eigenvalue weighted by Gasteiger charge is 2.35. The molecular formula is C13H9ClF3N3O2. The zero-order valence-corrected chi connectivity index (χ0v) is 11.9. The number of halogens is 4. The minimum Gasteiger partial charge on any atom is -0.465 e. The van der Waals surface area contributed by atoms with Crippen LogP contribution in [-0.2, 0) is 10.9 Å². The van der Waals surface area contributed by atoms with Crippen LogP contribution in [0.5, 0.6) is 0 Å². The molecule has 0 fully saturated rings. The van der Waals surface area contributed by atoms with Crippen molar-refractivity contribution in [3.8, 4) is 0 Å². The Morgan fingerprint density at radius 2 is 2.09 bits per heavy atom. The summed E-state index contributed by atoms with van der Waals surface area (Å²) in [5.74, 6) is -1.12. The lowest BCUT2D eigenvalue weighted by Crippen LogP contribution is -2.11. The molecule has 0 unspecified atom stereocenters. The molecule has 1 aromatic carbocycles. The van der Waals surface area contributed by atoms with E-state index in [9.17, 15) is 18.0 Å². The SMILES string of the molecule is COC(=O)c1cccc(Nc2nc(Cl)ncc2C(F)(F)F)c1. The number of ether oxygens (including phenoxy) is 1. The maximum atomic E-state index is 12.9. The van der Waals surface area contributed by atoms with E-state index in [0.29, 0.717) is 6.20 Å². The fourth-order valence-corrected chi connectivity index (χ4v) is 1.77. The van der Waals surface area contributed by atoms with Crippen molar-refractivity contribution in [1.29, 1.82) is 0 Å². The van der Waals surface area contributed by atoms with Crippen LogP contribution < -0.4 is 5.32 Å². The molecule has 1 heterocycles. The summed E-state index contributed by atoms with van der Waals surface area (Å²) in [6.07, 6.45) is -4.06. The van der Waals surface area contributed by atoms with E-state index in [0.717, 1.165) is 0 Å². The summed E-state index contributed by atoms with van der Waals surface area (Å²) in [5, 5.41) is 2.14. The van der Waals surface area contributed by atoms with Gasteiger partial charge in [0.05, 0.1) is 12.7 Å². The topological polar surface area (TPSA) is 64.1 Å². The maximum absolute atomic E-state index is 12.9. The summed E-state index contributed by atoms with van der Waals surface area (Å²) in [5.41, 5.74) is -0.662. The van der Waals surface area contributed by atoms with Crippen molar-refractivity contribution in [2.24, 2.45) is 0 Å². The Morgan fingerprint density at radius 1 is 1.36 bits per heavy atom. The van der Waals surface area contributed by atoms with Crippen molar-refractivity contribution in [1.82, 2.24) is 9.97 Å². The van der Waals surface area contributed by atoms with Gasteiger partial charge in [0.2, 0.25) is 5.28 Å². The van der Waals surface area contributed by atoms with Crippen LogP contribution in [-0.4, -0.2) is 23.0 Å². The quantitative estimate of drug-likeness (QED) is 0.686. The third kappa shape index (κ3) is 3.64. The Labute approximate surface area is 128 Å². The van der Waals surface area contributed by atoms with E-state index >= 15 is 0 Å². The fourth-order valence-electron chi connectivity index (χ4n) is 1.64. The molecule has 0 aliphatic rings. The molecule has 0 radical (unpaired) electrons. The van der Waals surface area contributed by atoms with E-state index in [2.05, 4.69) is 20.0 Å². The van der Waals surface area contributed by atoms with Gasteiger partial charge in [0.15, 0.2) is 0 Å². The molecule has 1 aromatic heterocycles. The maximum Gasteiger partial charge on any atom is 0.421 e. The van der Waals surface area contributed by atoms with Gasteiger partial charge in [-0.05, 0) is 29.8 Å². The van der Waals surface area contributed by atoms with Gasteiger partial charge in [-0.2, -0.15) is 18.2 Å². The Kier molecular flexibility index (Phi) is 4.51. The Hall–Kier alpha value is -2.35. The lowest BCUT2D eigenvalue weighted by Gasteiger charge is -2.13. The van der Waals surface area contributed by atoms with Crippen molar-refractivity contribution in [3.05, 3.63) is 46.9 Å². The molecule has 0 aliphatic heterocycles. The van der Waals surface area contributed by atoms with Crippen molar-refractivity contribution in [2.75, 3.05) is 12.4 Å². The number of methoxy groups -OCH3 is 1. The average Bonchev–Trinajstić information content (AvgIpc) is 2.45. The number of nitrogens with zero attached hydrogens (tertiary/aromatic N) is 2. The van der Waals surface area contributed by atoms with E-state index in [1.807, 2.05) is 0 Å². The number of hydrogen-bond donors (Lipinski definition) is 1. The number of nitrogens with one attached hydrogen (secondary N) is 1. The fraction of sp³-hybridized carbons (Fsp3) is 0.154. The first-order chi connectivity index (χ1) is 10.3. The third-order valence-corrected chi connectivity index (χ3v) is 2.79. The second kappa shape index (κ2) is 6.18. The number of rotatable bonds is 3. The number of carbonyl (C=O) groups is 1. The molecule has 0 atom stereocenters. The predicted molar refractivity (Wildman–Crippen MR) is 73.1 cm³/mol. The molecule has 22 heavy (non-hydrogen) atoms. The van der Waals surface area contributed by atoms with E-state index in [1.165, 1.54) is 31.4 Å². The first-order valence-corrected chi connectivity index (χ1v) is 6.24. The number of hydrogen-bond acceptors (Lipinski definition) is 5. The van der Waals surface area contributed by atoms with Crippen LogP contribution in [0.1, 0.15) is 15.9 Å². The number of alkyl halides is 3. The summed E-state index contributed by atoms with van der Waals surface area (Å²) >= 11 is 5.53. The van der Waals surface area contributed by atoms with Crippen LogP contribution >= 0.6 is 11.6 Å². The zero-order valence-electron chi connectivity index (χ0n) is 11.1. The molecule has 1 N–H and O–H groups in total. The molecular weight excluding hydrogens is 323 g/mol. The largest absolute Gasteiger partial charge is 0.465 e. The predicted octanol–water partition coefficient (Wildman–Crippen LogP) is 3.68. The standard InChI is InChI=1S/C13H9ClF3N3O2/c1-22-11(21)7-3-2-4-8(5-7)19-10-9(13(15,16)17)6-18-12(14)20-10/h2-6H,1H3,(H,18,19,20). The molecule has 5 nitrogen and oxygen atoms in total. The monoisotopic (exact) mass is 331 g/mol. The van der Waals surface area contributed by atoms with Gasteiger partial charge in [-0.15, -0.1) is 0 Å². The minimum absolute atomic E-state index is 0.182. The summed E-state index contributed by atoms with van der Waals surface area (Å²) in [6, 6.07) is 5.77. The molecule has 0 spiro atoms. The van der Waals surface area contributed by atoms with Gasteiger partial charge in [-0.25, -0.2) is 9.78 Å². The van der Waals surface area contributed by atoms with Gasteiger partial charge in [0.1, 0.15) is 11.4 Å². The summed E-state index contributed by atoms with van der Waals surface area (Å²) < 4.78 is 43.3. The van der Waals surface area contributed by atoms with Gasteiger partial charge < -0.3 is 10.1 Å². The van der Waals surface area contributed by atoms with Crippen LogP contribution in [0.2, 0.25) is 5.28 Å². The van der Waals surface area contributed by atoms with Crippen molar-refractivity contribution in [3.63, 3.8) is 0 Å². The third-order valence-electron chi connectivity index (χ3n) is 2.61. The lowest BCUT2D eigenvalue weighted by molar-refractivity contribution is -0.137. The average molecular weight is 332 g/mol. The van der Waals surface area contributed by atoms with Gasteiger partial charge in [-0.3, -0.25) is 0 Å². The minimum atomic E-state index is -4.65. The smallest absolute Gasteiger partial charge is 0.421 e. The number of carbonyl (C=O) groups excluding carboxylic acids is 1. The Morgan fingerprint density at radius 3 is 2.73 bits per heavy atom. The molecule has 0 amide bonds. The van der Waals surface area contributed by atoms with E-state index in [-0.39, 0.29) is 16.5 Å². The van der Waals surface area contributed by atoms with Crippen molar-refractivity contribution < 1.29 is 22.7 Å². The first kappa shape index (κ1) is 16.0. The van der Waals surface area contributed by atoms with Crippen molar-refractivity contribution in [2.45, 2.75) is 6.18 Å². The molecule has 2 rings (SSSR count). The van der Waals surface area contributed by atoms with Crippen LogP contribution in [0, 0.1) is 0 Å². The van der Waals surface area contributed by atoms with Crippen LogP contribution in [0.4, 0.5) is 24.7 Å². The van der Waals surface area contributed by atoms with E-state index in [4.69, 9.17) is 11.6 Å². The highest BCUT2D eigenvalue weighted by molar-refractivity contribution is 6.28. The Balaban J connectivity index is 2.39. The van der Waals surface area contributed by atoms with Gasteiger partial charge in [0.25, 0.3) is 0 Å². The summed E-state index contributed by atoms with van der Waals surface area (Å²) in [7, 11) is 1.20. The summed E-state index contributed by atoms with van der Waals surface area (Å²) in [4.78, 5) is 18.3. The molecule has 116 valence electrons. The second-order valence-electron chi connectivity index (χ2n) is 4.10. The summed E-state index contributed by atoms with van der Waals surface area (Å²) in [6.45, 7) is 0. The molecule has 0 aliphatic carbocycles. The second-order valence-corrected chi connectivity index (χ2v) is 4.43. The molecule has 0 saturated heterocycles. The number of esters is 1. The highest BCUT2D eigenvalue weighted by atomic mass is 35.5. The normalized spacial score (nSPS) is 11.1. The van der Waals surface area contributed by atoms with E-state index in [1.54, 1.807) is 0 Å². The zero-order chi connectivity index (χ0) is 16.3. The number of aromatic nitrogens is 2. The molecule has 9 heteroatoms. The molecule has 0 saturated carbocycles. The van der Waals surface area contributed by atoms with Gasteiger partial charge in [0, 0.05) is 11.9 Å². The van der Waals surface area contributed by atoms with Crippen molar-refractivity contribution >= 4 is 29.1 Å². The van der Waals surface area contributed by atoms with Crippen LogP contribution in [0.3, 0.4) is 0 Å². The molecule has 2 aromatic rings. The van der Waals surface area contributed by atoms with Gasteiger partial charge >= 0.3 is 12.1 Å². The van der Waals surface area contributed by atoms with Crippen LogP contribution in [0.15, 0.2) is 30.5 Å². The van der Waals surface area contributed by atoms with Gasteiger partial charge in [-0.1, -0.05) is 6.07 Å². The highest BCUT2D eigenvalue weighted by Crippen LogP contribution is 2.35. The Bertz CT molecular complexity index is 707. The first-order valence-electron chi connectivity index (χ1n) is 5.86. The number of benzene rings is 1. The number of anilines is 2. The molecule has 0 bridgehead atoms. The van der Waals surface area contributed by atoms with Crippen LogP contribution in [0.25, 0.3) is 0 Å².